The van der Waals surface area contributed by atoms with Crippen LogP contribution in [0, 0.1) is 12.8 Å². The molecule has 1 heterocycles. The van der Waals surface area contributed by atoms with Crippen LogP contribution in [0.3, 0.4) is 0 Å². The predicted octanol–water partition coefficient (Wildman–Crippen LogP) is 5.21. The summed E-state index contributed by atoms with van der Waals surface area (Å²) in [5, 5.41) is 3.79. The monoisotopic (exact) mass is 519 g/mol. The molecule has 8 nitrogen and oxygen atoms in total. The Morgan fingerprint density at radius 3 is 2.43 bits per heavy atom. The van der Waals surface area contributed by atoms with E-state index in [1.165, 1.54) is 13.2 Å². The Morgan fingerprint density at radius 1 is 1.11 bits per heavy atom. The molecule has 0 radical (unpaired) electrons. The number of aromatic nitrogens is 2. The van der Waals surface area contributed by atoms with Gasteiger partial charge in [0.15, 0.2) is 11.5 Å². The van der Waals surface area contributed by atoms with Crippen molar-refractivity contribution in [2.45, 2.75) is 39.9 Å². The van der Waals surface area contributed by atoms with E-state index >= 15 is 0 Å². The molecule has 1 atom stereocenters. The topological polar surface area (TPSA) is 103 Å². The highest BCUT2D eigenvalue weighted by Crippen LogP contribution is 2.37. The first kappa shape index (κ1) is 27.8. The Morgan fingerprint density at radius 2 is 1.81 bits per heavy atom. The van der Waals surface area contributed by atoms with Gasteiger partial charge in [-0.05, 0) is 43.7 Å². The fourth-order valence-electron chi connectivity index (χ4n) is 3.86. The van der Waals surface area contributed by atoms with Gasteiger partial charge in [0.1, 0.15) is 18.2 Å². The van der Waals surface area contributed by atoms with Gasteiger partial charge in [-0.25, -0.2) is 9.97 Å². The average Bonchev–Trinajstić information content (AvgIpc) is 2.82. The van der Waals surface area contributed by atoms with E-state index < -0.39 is 17.8 Å². The number of nitrogens with two attached hydrogens (primary N) is 1. The maximum atomic E-state index is 13.3. The number of carbonyl (C=O) groups excluding carboxylic acids is 1. The highest BCUT2D eigenvalue weighted by Gasteiger charge is 2.31. The van der Waals surface area contributed by atoms with Crippen LogP contribution < -0.4 is 20.5 Å². The molecule has 0 saturated heterocycles. The van der Waals surface area contributed by atoms with Crippen LogP contribution in [0.1, 0.15) is 43.8 Å². The van der Waals surface area contributed by atoms with E-state index in [1.807, 2.05) is 13.8 Å². The second-order valence-electron chi connectivity index (χ2n) is 9.15. The van der Waals surface area contributed by atoms with Crippen molar-refractivity contribution in [3.8, 4) is 11.5 Å². The largest absolute Gasteiger partial charge is 0.493 e. The van der Waals surface area contributed by atoms with E-state index in [-0.39, 0.29) is 24.1 Å². The van der Waals surface area contributed by atoms with Gasteiger partial charge < -0.3 is 25.4 Å². The van der Waals surface area contributed by atoms with Crippen LogP contribution in [-0.2, 0) is 11.0 Å². The molecule has 1 amide bonds. The summed E-state index contributed by atoms with van der Waals surface area (Å²) in [7, 11) is 3.22. The van der Waals surface area contributed by atoms with Crippen LogP contribution in [0.25, 0.3) is 10.9 Å². The Kier molecular flexibility index (Phi) is 8.35. The van der Waals surface area contributed by atoms with Gasteiger partial charge in [0.2, 0.25) is 5.91 Å². The number of nitrogens with zero attached hydrogens (tertiary/aromatic N) is 3. The fraction of sp³-hybridized carbons (Fsp3) is 0.423. The third kappa shape index (κ3) is 6.72. The van der Waals surface area contributed by atoms with E-state index in [0.29, 0.717) is 46.2 Å². The van der Waals surface area contributed by atoms with Crippen molar-refractivity contribution in [2.75, 3.05) is 38.4 Å². The number of benzene rings is 2. The SMILES string of the molecule is COc1cc2nc(C)nc(N[C@H](C)c3cc(N)cc(C(F)(F)F)c3)c2cc1OCCN(C)C(=O)C(C)C. The van der Waals surface area contributed by atoms with Gasteiger partial charge in [0.25, 0.3) is 0 Å². The van der Waals surface area contributed by atoms with Gasteiger partial charge in [-0.3, -0.25) is 4.79 Å². The predicted molar refractivity (Wildman–Crippen MR) is 137 cm³/mol. The summed E-state index contributed by atoms with van der Waals surface area (Å²) in [5.74, 6) is 1.65. The maximum absolute atomic E-state index is 13.3. The van der Waals surface area contributed by atoms with E-state index in [2.05, 4.69) is 15.3 Å². The highest BCUT2D eigenvalue weighted by molar-refractivity contribution is 5.92. The molecule has 37 heavy (non-hydrogen) atoms. The summed E-state index contributed by atoms with van der Waals surface area (Å²) in [6, 6.07) is 6.34. The van der Waals surface area contributed by atoms with E-state index in [9.17, 15) is 18.0 Å². The summed E-state index contributed by atoms with van der Waals surface area (Å²) < 4.78 is 51.3. The lowest BCUT2D eigenvalue weighted by atomic mass is 10.0. The molecule has 0 bridgehead atoms. The smallest absolute Gasteiger partial charge is 0.416 e. The lowest BCUT2D eigenvalue weighted by Gasteiger charge is -2.21. The normalized spacial score (nSPS) is 12.5. The van der Waals surface area contributed by atoms with Crippen molar-refractivity contribution in [2.24, 2.45) is 5.92 Å². The van der Waals surface area contributed by atoms with Crippen molar-refractivity contribution in [3.05, 3.63) is 47.3 Å². The minimum absolute atomic E-state index is 0.00801. The van der Waals surface area contributed by atoms with E-state index in [4.69, 9.17) is 15.2 Å². The number of nitrogen functional groups attached to an aromatic ring is 1. The van der Waals surface area contributed by atoms with Crippen LogP contribution in [0.4, 0.5) is 24.7 Å². The minimum atomic E-state index is -4.52. The molecule has 3 N–H and O–H groups in total. The van der Waals surface area contributed by atoms with Crippen molar-refractivity contribution in [3.63, 3.8) is 0 Å². The number of likely N-dealkylation sites (N-methyl/N-ethyl adjacent to an activating group) is 1. The number of amides is 1. The summed E-state index contributed by atoms with van der Waals surface area (Å²) in [6.07, 6.45) is -4.52. The van der Waals surface area contributed by atoms with Crippen LogP contribution >= 0.6 is 0 Å². The van der Waals surface area contributed by atoms with Gasteiger partial charge >= 0.3 is 6.18 Å². The average molecular weight is 520 g/mol. The number of hydrogen-bond acceptors (Lipinski definition) is 7. The summed E-state index contributed by atoms with van der Waals surface area (Å²) in [5.41, 5.74) is 5.88. The minimum Gasteiger partial charge on any atom is -0.493 e. The standard InChI is InChI=1S/C26H32F3N5O3/c1-14(2)25(35)34(5)7-8-37-23-12-20-21(13-22(23)36-6)32-16(4)33-24(20)31-15(3)17-9-18(26(27,28)29)11-19(30)10-17/h9-15H,7-8,30H2,1-6H3,(H,31,32,33)/t15-/m1/s1. The lowest BCUT2D eigenvalue weighted by molar-refractivity contribution is -0.137. The zero-order chi connectivity index (χ0) is 27.5. The van der Waals surface area contributed by atoms with Crippen molar-refractivity contribution >= 4 is 28.3 Å². The third-order valence-corrected chi connectivity index (χ3v) is 5.81. The number of rotatable bonds is 9. The summed E-state index contributed by atoms with van der Waals surface area (Å²) >= 11 is 0. The number of carbonyl (C=O) groups is 1. The molecule has 0 aliphatic heterocycles. The Labute approximate surface area is 214 Å². The molecule has 2 aromatic carbocycles. The highest BCUT2D eigenvalue weighted by atomic mass is 19.4. The van der Waals surface area contributed by atoms with Gasteiger partial charge in [-0.1, -0.05) is 13.8 Å². The first-order chi connectivity index (χ1) is 17.3. The van der Waals surface area contributed by atoms with Gasteiger partial charge in [-0.15, -0.1) is 0 Å². The van der Waals surface area contributed by atoms with E-state index in [1.54, 1.807) is 37.9 Å². The zero-order valence-electron chi connectivity index (χ0n) is 21.7. The zero-order valence-corrected chi connectivity index (χ0v) is 21.7. The number of anilines is 2. The van der Waals surface area contributed by atoms with Gasteiger partial charge in [0.05, 0.1) is 30.8 Å². The van der Waals surface area contributed by atoms with Crippen LogP contribution in [0.5, 0.6) is 11.5 Å². The second kappa shape index (κ2) is 11.1. The van der Waals surface area contributed by atoms with Crippen LogP contribution in [0.15, 0.2) is 30.3 Å². The van der Waals surface area contributed by atoms with Crippen LogP contribution in [-0.4, -0.2) is 48.1 Å². The van der Waals surface area contributed by atoms with Crippen LogP contribution in [0.2, 0.25) is 0 Å². The molecule has 3 aromatic rings. The number of halogens is 3. The quantitative estimate of drug-likeness (QED) is 0.374. The third-order valence-electron chi connectivity index (χ3n) is 5.81. The number of fused-ring (bicyclic) bond motifs is 1. The number of ether oxygens (including phenoxy) is 2. The molecule has 0 saturated carbocycles. The number of methoxy groups -OCH3 is 1. The van der Waals surface area contributed by atoms with Gasteiger partial charge in [-0.2, -0.15) is 13.2 Å². The molecular weight excluding hydrogens is 487 g/mol. The molecule has 0 aliphatic carbocycles. The number of hydrogen-bond donors (Lipinski definition) is 2. The molecule has 200 valence electrons. The number of aryl methyl sites for hydroxylation is 1. The molecule has 3 rings (SSSR count). The molecule has 1 aromatic heterocycles. The van der Waals surface area contributed by atoms with E-state index in [0.717, 1.165) is 12.1 Å². The number of alkyl halides is 3. The molecule has 0 fully saturated rings. The molecular formula is C26H32F3N5O3. The Hall–Kier alpha value is -3.76. The van der Waals surface area contributed by atoms with Crippen molar-refractivity contribution in [1.82, 2.24) is 14.9 Å². The summed E-state index contributed by atoms with van der Waals surface area (Å²) in [6.45, 7) is 7.71. The lowest BCUT2D eigenvalue weighted by Crippen LogP contribution is -2.33. The Balaban J connectivity index is 1.92. The molecule has 0 aliphatic rings. The van der Waals surface area contributed by atoms with Crippen molar-refractivity contribution < 1.29 is 27.4 Å². The molecule has 0 unspecified atom stereocenters. The first-order valence-electron chi connectivity index (χ1n) is 11.8. The van der Waals surface area contributed by atoms with Gasteiger partial charge in [0, 0.05) is 30.1 Å². The fourth-order valence-corrected chi connectivity index (χ4v) is 3.86. The first-order valence-corrected chi connectivity index (χ1v) is 11.8. The maximum Gasteiger partial charge on any atom is 0.416 e. The van der Waals surface area contributed by atoms with Crippen molar-refractivity contribution in [1.29, 1.82) is 0 Å². The second-order valence-corrected chi connectivity index (χ2v) is 9.15. The molecule has 11 heteroatoms. The molecule has 0 spiro atoms. The summed E-state index contributed by atoms with van der Waals surface area (Å²) in [4.78, 5) is 22.7. The number of nitrogens with one attached hydrogen (secondary N) is 1. The Bertz CT molecular complexity index is 1280.